The molecule has 0 spiro atoms. The number of nitrogens with zero attached hydrogens (tertiary/aromatic N) is 1. The highest BCUT2D eigenvalue weighted by Gasteiger charge is 2.41. The van der Waals surface area contributed by atoms with Gasteiger partial charge in [0.15, 0.2) is 0 Å². The van der Waals surface area contributed by atoms with Crippen molar-refractivity contribution in [1.82, 2.24) is 4.90 Å². The maximum Gasteiger partial charge on any atom is 0.237 e. The van der Waals surface area contributed by atoms with Gasteiger partial charge in [0.1, 0.15) is 0 Å². The van der Waals surface area contributed by atoms with E-state index < -0.39 is 5.54 Å². The zero-order valence-corrected chi connectivity index (χ0v) is 11.4. The van der Waals surface area contributed by atoms with Gasteiger partial charge in [-0.05, 0) is 39.5 Å². The van der Waals surface area contributed by atoms with E-state index in [1.165, 1.54) is 0 Å². The number of morpholine rings is 1. The first-order chi connectivity index (χ1) is 8.42. The number of ether oxygens (including phenoxy) is 1. The van der Waals surface area contributed by atoms with Gasteiger partial charge in [-0.1, -0.05) is 0 Å². The molecule has 104 valence electrons. The Hall–Kier alpha value is -0.650. The van der Waals surface area contributed by atoms with Crippen LogP contribution in [-0.2, 0) is 9.53 Å². The van der Waals surface area contributed by atoms with E-state index in [1.807, 2.05) is 0 Å². The number of primary amides is 1. The lowest BCUT2D eigenvalue weighted by Gasteiger charge is -2.46. The zero-order valence-electron chi connectivity index (χ0n) is 11.4. The van der Waals surface area contributed by atoms with E-state index in [9.17, 15) is 4.79 Å². The number of rotatable bonds is 2. The molecule has 4 unspecified atom stereocenters. The molecule has 5 heteroatoms. The molecule has 1 amide bonds. The average molecular weight is 255 g/mol. The van der Waals surface area contributed by atoms with E-state index in [0.29, 0.717) is 24.9 Å². The van der Waals surface area contributed by atoms with E-state index in [0.717, 1.165) is 26.0 Å². The third kappa shape index (κ3) is 2.68. The molecule has 1 aliphatic heterocycles. The summed E-state index contributed by atoms with van der Waals surface area (Å²) < 4.78 is 5.65. The van der Waals surface area contributed by atoms with Crippen LogP contribution >= 0.6 is 0 Å². The topological polar surface area (TPSA) is 81.6 Å². The van der Waals surface area contributed by atoms with Crippen molar-refractivity contribution >= 4 is 5.91 Å². The first kappa shape index (κ1) is 13.8. The molecule has 0 bridgehead atoms. The Labute approximate surface area is 109 Å². The molecule has 1 aliphatic carbocycles. The first-order valence-corrected chi connectivity index (χ1v) is 6.88. The van der Waals surface area contributed by atoms with Crippen LogP contribution in [0.3, 0.4) is 0 Å². The summed E-state index contributed by atoms with van der Waals surface area (Å²) in [6, 6.07) is 0.749. The minimum atomic E-state index is -0.815. The Morgan fingerprint density at radius 1 is 1.44 bits per heavy atom. The van der Waals surface area contributed by atoms with E-state index in [2.05, 4.69) is 18.7 Å². The Morgan fingerprint density at radius 2 is 2.17 bits per heavy atom. The molecule has 4 N–H and O–H groups in total. The molecule has 18 heavy (non-hydrogen) atoms. The fourth-order valence-corrected chi connectivity index (χ4v) is 3.22. The lowest BCUT2D eigenvalue weighted by Crippen LogP contribution is -2.61. The van der Waals surface area contributed by atoms with Crippen molar-refractivity contribution < 1.29 is 9.53 Å². The summed E-state index contributed by atoms with van der Waals surface area (Å²) in [6.07, 6.45) is 3.72. The van der Waals surface area contributed by atoms with Crippen molar-refractivity contribution in [1.29, 1.82) is 0 Å². The maximum atomic E-state index is 11.5. The SMILES string of the molecule is CC1CN(C2CCCC(N)(C(N)=O)C2)C(C)CO1. The highest BCUT2D eigenvalue weighted by Crippen LogP contribution is 2.31. The highest BCUT2D eigenvalue weighted by atomic mass is 16.5. The number of hydrogen-bond donors (Lipinski definition) is 2. The van der Waals surface area contributed by atoms with Gasteiger partial charge in [0.05, 0.1) is 18.2 Å². The standard InChI is InChI=1S/C13H25N3O2/c1-9-8-18-10(2)7-16(9)11-4-3-5-13(15,6-11)12(14)17/h9-11H,3-8,15H2,1-2H3,(H2,14,17). The van der Waals surface area contributed by atoms with Crippen molar-refractivity contribution in [2.45, 2.75) is 63.3 Å². The van der Waals surface area contributed by atoms with Crippen LogP contribution < -0.4 is 11.5 Å². The lowest BCUT2D eigenvalue weighted by atomic mass is 9.78. The van der Waals surface area contributed by atoms with Crippen LogP contribution in [0.2, 0.25) is 0 Å². The highest BCUT2D eigenvalue weighted by molar-refractivity contribution is 5.84. The third-order valence-corrected chi connectivity index (χ3v) is 4.38. The molecule has 0 aromatic carbocycles. The molecule has 0 radical (unpaired) electrons. The summed E-state index contributed by atoms with van der Waals surface area (Å²) in [5, 5.41) is 0. The predicted molar refractivity (Wildman–Crippen MR) is 70.0 cm³/mol. The summed E-state index contributed by atoms with van der Waals surface area (Å²) in [5.41, 5.74) is 10.8. The summed E-state index contributed by atoms with van der Waals surface area (Å²) in [7, 11) is 0. The van der Waals surface area contributed by atoms with Crippen LogP contribution in [0.5, 0.6) is 0 Å². The van der Waals surface area contributed by atoms with E-state index >= 15 is 0 Å². The monoisotopic (exact) mass is 255 g/mol. The van der Waals surface area contributed by atoms with Gasteiger partial charge in [-0.25, -0.2) is 0 Å². The van der Waals surface area contributed by atoms with Gasteiger partial charge in [-0.3, -0.25) is 9.69 Å². The number of amides is 1. The predicted octanol–water partition coefficient (Wildman–Crippen LogP) is 0.221. The quantitative estimate of drug-likeness (QED) is 0.739. The van der Waals surface area contributed by atoms with Crippen LogP contribution in [0.4, 0.5) is 0 Å². The molecule has 0 aromatic heterocycles. The Kier molecular flexibility index (Phi) is 3.94. The number of carbonyl (C=O) groups excluding carboxylic acids is 1. The molecule has 1 saturated carbocycles. The molecule has 1 saturated heterocycles. The van der Waals surface area contributed by atoms with Crippen molar-refractivity contribution in [3.63, 3.8) is 0 Å². The fraction of sp³-hybridized carbons (Fsp3) is 0.923. The summed E-state index contributed by atoms with van der Waals surface area (Å²) in [6.45, 7) is 5.93. The van der Waals surface area contributed by atoms with Crippen molar-refractivity contribution in [2.75, 3.05) is 13.2 Å². The normalized spacial score (nSPS) is 42.7. The van der Waals surface area contributed by atoms with Gasteiger partial charge in [-0.15, -0.1) is 0 Å². The molecule has 0 aromatic rings. The molecular weight excluding hydrogens is 230 g/mol. The lowest BCUT2D eigenvalue weighted by molar-refractivity contribution is -0.126. The summed E-state index contributed by atoms with van der Waals surface area (Å²) in [5.74, 6) is -0.360. The second-order valence-corrected chi connectivity index (χ2v) is 5.96. The van der Waals surface area contributed by atoms with Crippen molar-refractivity contribution in [3.8, 4) is 0 Å². The Balaban J connectivity index is 2.06. The smallest absolute Gasteiger partial charge is 0.237 e. The van der Waals surface area contributed by atoms with Gasteiger partial charge in [0, 0.05) is 18.6 Å². The Morgan fingerprint density at radius 3 is 2.83 bits per heavy atom. The second kappa shape index (κ2) is 5.15. The van der Waals surface area contributed by atoms with Crippen LogP contribution in [0, 0.1) is 0 Å². The molecule has 2 fully saturated rings. The van der Waals surface area contributed by atoms with Gasteiger partial charge >= 0.3 is 0 Å². The molecule has 4 atom stereocenters. The van der Waals surface area contributed by atoms with Gasteiger partial charge in [-0.2, -0.15) is 0 Å². The minimum Gasteiger partial charge on any atom is -0.376 e. The summed E-state index contributed by atoms with van der Waals surface area (Å²) in [4.78, 5) is 13.9. The molecular formula is C13H25N3O2. The zero-order chi connectivity index (χ0) is 13.3. The fourth-order valence-electron chi connectivity index (χ4n) is 3.22. The van der Waals surface area contributed by atoms with E-state index in [4.69, 9.17) is 16.2 Å². The van der Waals surface area contributed by atoms with Gasteiger partial charge in [0.25, 0.3) is 0 Å². The van der Waals surface area contributed by atoms with E-state index in [-0.39, 0.29) is 12.0 Å². The maximum absolute atomic E-state index is 11.5. The van der Waals surface area contributed by atoms with Crippen molar-refractivity contribution in [3.05, 3.63) is 0 Å². The summed E-state index contributed by atoms with van der Waals surface area (Å²) >= 11 is 0. The number of hydrogen-bond acceptors (Lipinski definition) is 4. The molecule has 1 heterocycles. The number of nitrogens with two attached hydrogens (primary N) is 2. The minimum absolute atomic E-state index is 0.254. The third-order valence-electron chi connectivity index (χ3n) is 4.38. The van der Waals surface area contributed by atoms with E-state index in [1.54, 1.807) is 0 Å². The van der Waals surface area contributed by atoms with Gasteiger partial charge < -0.3 is 16.2 Å². The van der Waals surface area contributed by atoms with Crippen LogP contribution in [0.25, 0.3) is 0 Å². The second-order valence-electron chi connectivity index (χ2n) is 5.96. The Bertz CT molecular complexity index is 323. The number of carbonyl (C=O) groups is 1. The molecule has 5 nitrogen and oxygen atoms in total. The van der Waals surface area contributed by atoms with Crippen LogP contribution in [0.15, 0.2) is 0 Å². The molecule has 2 aliphatic rings. The largest absolute Gasteiger partial charge is 0.376 e. The van der Waals surface area contributed by atoms with Crippen LogP contribution in [0.1, 0.15) is 39.5 Å². The molecule has 2 rings (SSSR count). The van der Waals surface area contributed by atoms with Gasteiger partial charge in [0.2, 0.25) is 5.91 Å². The average Bonchev–Trinajstić information content (AvgIpc) is 2.32. The first-order valence-electron chi connectivity index (χ1n) is 6.88. The van der Waals surface area contributed by atoms with Crippen molar-refractivity contribution in [2.24, 2.45) is 11.5 Å². The van der Waals surface area contributed by atoms with Crippen LogP contribution in [-0.4, -0.2) is 47.7 Å².